The van der Waals surface area contributed by atoms with E-state index in [9.17, 15) is 9.59 Å². The molecule has 1 atom stereocenters. The largest absolute Gasteiger partial charge is 0.481 e. The number of aromatic nitrogens is 1. The molecular formula is C18H22N2O4S. The van der Waals surface area contributed by atoms with Gasteiger partial charge in [0.15, 0.2) is 6.61 Å². The number of carboxylic acid groups (broad SMARTS) is 1. The van der Waals surface area contributed by atoms with Gasteiger partial charge in [0.25, 0.3) is 5.91 Å². The van der Waals surface area contributed by atoms with Gasteiger partial charge in [0.2, 0.25) is 0 Å². The molecule has 1 amide bonds. The number of rotatable bonds is 7. The Morgan fingerprint density at radius 1 is 1.32 bits per heavy atom. The molecule has 25 heavy (non-hydrogen) atoms. The number of carbonyl (C=O) groups excluding carboxylic acids is 1. The first kappa shape index (κ1) is 18.9. The molecule has 0 bridgehead atoms. The molecule has 0 saturated heterocycles. The van der Waals surface area contributed by atoms with Crippen LogP contribution in [0.1, 0.15) is 52.1 Å². The molecule has 1 aromatic carbocycles. The molecule has 2 rings (SSSR count). The number of hydrogen-bond acceptors (Lipinski definition) is 5. The SMILES string of the molecule is CCc1nc(C(C)NC(=O)c2cc(C)c(OCC(=O)O)c(C)c2)cs1. The molecule has 0 radical (unpaired) electrons. The van der Waals surface area contributed by atoms with E-state index in [1.165, 1.54) is 0 Å². The van der Waals surface area contributed by atoms with E-state index < -0.39 is 12.6 Å². The Kier molecular flexibility index (Phi) is 6.14. The van der Waals surface area contributed by atoms with Gasteiger partial charge in [-0.05, 0) is 50.5 Å². The van der Waals surface area contributed by atoms with E-state index in [1.807, 2.05) is 19.2 Å². The summed E-state index contributed by atoms with van der Waals surface area (Å²) < 4.78 is 5.29. The van der Waals surface area contributed by atoms with Crippen LogP contribution >= 0.6 is 11.3 Å². The number of aliphatic carboxylic acids is 1. The first-order valence-corrected chi connectivity index (χ1v) is 8.90. The number of nitrogens with zero attached hydrogens (tertiary/aromatic N) is 1. The maximum absolute atomic E-state index is 12.5. The van der Waals surface area contributed by atoms with E-state index in [4.69, 9.17) is 9.84 Å². The molecule has 0 fully saturated rings. The van der Waals surface area contributed by atoms with E-state index in [2.05, 4.69) is 10.3 Å². The minimum Gasteiger partial charge on any atom is -0.481 e. The van der Waals surface area contributed by atoms with E-state index in [1.54, 1.807) is 37.3 Å². The number of carbonyl (C=O) groups is 2. The van der Waals surface area contributed by atoms with E-state index in [-0.39, 0.29) is 11.9 Å². The molecule has 0 aliphatic carbocycles. The Morgan fingerprint density at radius 3 is 2.48 bits per heavy atom. The average molecular weight is 362 g/mol. The van der Waals surface area contributed by atoms with Gasteiger partial charge in [-0.15, -0.1) is 11.3 Å². The Balaban J connectivity index is 2.12. The van der Waals surface area contributed by atoms with Gasteiger partial charge in [-0.25, -0.2) is 9.78 Å². The maximum Gasteiger partial charge on any atom is 0.341 e. The molecule has 0 spiro atoms. The van der Waals surface area contributed by atoms with Crippen molar-refractivity contribution >= 4 is 23.2 Å². The molecule has 1 heterocycles. The summed E-state index contributed by atoms with van der Waals surface area (Å²) in [6.07, 6.45) is 0.877. The van der Waals surface area contributed by atoms with Crippen LogP contribution in [0.5, 0.6) is 5.75 Å². The third-order valence-electron chi connectivity index (χ3n) is 3.73. The highest BCUT2D eigenvalue weighted by Gasteiger charge is 2.16. The third kappa shape index (κ3) is 4.79. The van der Waals surface area contributed by atoms with Crippen molar-refractivity contribution in [1.29, 1.82) is 0 Å². The van der Waals surface area contributed by atoms with Crippen LogP contribution in [0, 0.1) is 13.8 Å². The first-order chi connectivity index (χ1) is 11.8. The molecule has 2 N–H and O–H groups in total. The highest BCUT2D eigenvalue weighted by atomic mass is 32.1. The van der Waals surface area contributed by atoms with Crippen LogP contribution in [0.25, 0.3) is 0 Å². The van der Waals surface area contributed by atoms with Crippen LogP contribution in [0.2, 0.25) is 0 Å². The van der Waals surface area contributed by atoms with Crippen LogP contribution in [0.3, 0.4) is 0 Å². The fourth-order valence-electron chi connectivity index (χ4n) is 2.48. The highest BCUT2D eigenvalue weighted by Crippen LogP contribution is 2.25. The summed E-state index contributed by atoms with van der Waals surface area (Å²) in [6, 6.07) is 3.21. The van der Waals surface area contributed by atoms with Crippen molar-refractivity contribution in [2.75, 3.05) is 6.61 Å². The molecular weight excluding hydrogens is 340 g/mol. The lowest BCUT2D eigenvalue weighted by Gasteiger charge is -2.15. The number of benzene rings is 1. The molecule has 0 aliphatic heterocycles. The second-order valence-corrected chi connectivity index (χ2v) is 6.78. The summed E-state index contributed by atoms with van der Waals surface area (Å²) in [5, 5.41) is 14.7. The van der Waals surface area contributed by atoms with Gasteiger partial charge < -0.3 is 15.2 Å². The number of nitrogens with one attached hydrogen (secondary N) is 1. The van der Waals surface area contributed by atoms with Crippen LogP contribution in [-0.2, 0) is 11.2 Å². The number of aryl methyl sites for hydroxylation is 3. The summed E-state index contributed by atoms with van der Waals surface area (Å²) in [7, 11) is 0. The summed E-state index contributed by atoms with van der Waals surface area (Å²) in [5.74, 6) is -0.738. The summed E-state index contributed by atoms with van der Waals surface area (Å²) in [4.78, 5) is 27.7. The van der Waals surface area contributed by atoms with Crippen molar-refractivity contribution < 1.29 is 19.4 Å². The van der Waals surface area contributed by atoms with Crippen molar-refractivity contribution in [3.8, 4) is 5.75 Å². The van der Waals surface area contributed by atoms with Gasteiger partial charge in [0.1, 0.15) is 5.75 Å². The minimum absolute atomic E-state index is 0.187. The fourth-order valence-corrected chi connectivity index (χ4v) is 3.32. The van der Waals surface area contributed by atoms with Crippen molar-refractivity contribution in [3.63, 3.8) is 0 Å². The van der Waals surface area contributed by atoms with Gasteiger partial charge in [-0.2, -0.15) is 0 Å². The molecule has 2 aromatic rings. The molecule has 0 saturated carbocycles. The van der Waals surface area contributed by atoms with Crippen molar-refractivity contribution in [1.82, 2.24) is 10.3 Å². The topological polar surface area (TPSA) is 88.5 Å². The Labute approximate surface area is 150 Å². The normalized spacial score (nSPS) is 11.8. The zero-order valence-electron chi connectivity index (χ0n) is 14.8. The van der Waals surface area contributed by atoms with Gasteiger partial charge in [-0.3, -0.25) is 4.79 Å². The lowest BCUT2D eigenvalue weighted by Crippen LogP contribution is -2.27. The van der Waals surface area contributed by atoms with Gasteiger partial charge >= 0.3 is 5.97 Å². The molecule has 7 heteroatoms. The van der Waals surface area contributed by atoms with Crippen molar-refractivity contribution in [2.24, 2.45) is 0 Å². The van der Waals surface area contributed by atoms with Crippen LogP contribution < -0.4 is 10.1 Å². The van der Waals surface area contributed by atoms with E-state index in [0.717, 1.165) is 28.2 Å². The van der Waals surface area contributed by atoms with E-state index >= 15 is 0 Å². The molecule has 134 valence electrons. The lowest BCUT2D eigenvalue weighted by molar-refractivity contribution is -0.139. The fraction of sp³-hybridized carbons (Fsp3) is 0.389. The standard InChI is InChI=1S/C18H22N2O4S/c1-5-15-20-14(9-25-15)12(4)19-18(23)13-6-10(2)17(11(3)7-13)24-8-16(21)22/h6-7,9,12H,5,8H2,1-4H3,(H,19,23)(H,21,22). The molecule has 6 nitrogen and oxygen atoms in total. The molecule has 0 aliphatic rings. The first-order valence-electron chi connectivity index (χ1n) is 8.02. The third-order valence-corrected chi connectivity index (χ3v) is 4.74. The summed E-state index contributed by atoms with van der Waals surface area (Å²) in [5.41, 5.74) is 2.81. The van der Waals surface area contributed by atoms with Crippen molar-refractivity contribution in [2.45, 2.75) is 40.2 Å². The second kappa shape index (κ2) is 8.11. The Morgan fingerprint density at radius 2 is 1.96 bits per heavy atom. The monoisotopic (exact) mass is 362 g/mol. The molecule has 1 aromatic heterocycles. The Hall–Kier alpha value is -2.41. The maximum atomic E-state index is 12.5. The van der Waals surface area contributed by atoms with E-state index in [0.29, 0.717) is 11.3 Å². The van der Waals surface area contributed by atoms with Crippen LogP contribution in [0.15, 0.2) is 17.5 Å². The number of ether oxygens (including phenoxy) is 1. The average Bonchev–Trinajstić information content (AvgIpc) is 3.02. The van der Waals surface area contributed by atoms with Crippen molar-refractivity contribution in [3.05, 3.63) is 44.9 Å². The van der Waals surface area contributed by atoms with Crippen LogP contribution in [0.4, 0.5) is 0 Å². The zero-order chi connectivity index (χ0) is 18.6. The zero-order valence-corrected chi connectivity index (χ0v) is 15.6. The number of carboxylic acids is 1. The van der Waals surface area contributed by atoms with Gasteiger partial charge in [-0.1, -0.05) is 6.92 Å². The summed E-state index contributed by atoms with van der Waals surface area (Å²) in [6.45, 7) is 7.12. The van der Waals surface area contributed by atoms with Crippen LogP contribution in [-0.4, -0.2) is 28.6 Å². The highest BCUT2D eigenvalue weighted by molar-refractivity contribution is 7.09. The smallest absolute Gasteiger partial charge is 0.341 e. The van der Waals surface area contributed by atoms with Gasteiger partial charge in [0.05, 0.1) is 16.7 Å². The number of hydrogen-bond donors (Lipinski definition) is 2. The number of thiazole rings is 1. The summed E-state index contributed by atoms with van der Waals surface area (Å²) >= 11 is 1.59. The quantitative estimate of drug-likeness (QED) is 0.789. The minimum atomic E-state index is -1.04. The molecule has 1 unspecified atom stereocenters. The number of amides is 1. The second-order valence-electron chi connectivity index (χ2n) is 5.84. The predicted octanol–water partition coefficient (Wildman–Crippen LogP) is 3.28. The Bertz CT molecular complexity index is 762. The predicted molar refractivity (Wildman–Crippen MR) is 96.4 cm³/mol. The van der Waals surface area contributed by atoms with Gasteiger partial charge in [0, 0.05) is 10.9 Å². The lowest BCUT2D eigenvalue weighted by atomic mass is 10.0.